The maximum atomic E-state index is 11.0. The van der Waals surface area contributed by atoms with Crippen LogP contribution in [0.1, 0.15) is 6.42 Å². The van der Waals surface area contributed by atoms with Gasteiger partial charge in [-0.15, -0.1) is 0 Å². The zero-order chi connectivity index (χ0) is 12.4. The Kier molecular flexibility index (Phi) is 3.63. The number of nitrogens with zero attached hydrogens (tertiary/aromatic N) is 3. The highest BCUT2D eigenvalue weighted by molar-refractivity contribution is 7.84. The van der Waals surface area contributed by atoms with Crippen molar-refractivity contribution in [3.63, 3.8) is 0 Å². The first-order chi connectivity index (χ1) is 8.08. The van der Waals surface area contributed by atoms with Crippen molar-refractivity contribution in [2.45, 2.75) is 13.0 Å². The van der Waals surface area contributed by atoms with Crippen LogP contribution in [0.3, 0.4) is 0 Å². The first-order valence-corrected chi connectivity index (χ1v) is 7.25. The van der Waals surface area contributed by atoms with E-state index in [1.165, 1.54) is 0 Å². The number of aromatic nitrogens is 3. The van der Waals surface area contributed by atoms with E-state index in [0.29, 0.717) is 34.4 Å². The summed E-state index contributed by atoms with van der Waals surface area (Å²) in [5.41, 5.74) is 7.22. The van der Waals surface area contributed by atoms with E-state index in [1.54, 1.807) is 18.5 Å². The molecule has 0 bridgehead atoms. The molecule has 92 valence electrons. The monoisotopic (exact) mass is 272 g/mol. The van der Waals surface area contributed by atoms with Crippen LogP contribution in [0.25, 0.3) is 11.2 Å². The number of nitrogen functional groups attached to an aromatic ring is 1. The second-order valence-corrected chi connectivity index (χ2v) is 5.74. The van der Waals surface area contributed by atoms with Gasteiger partial charge in [0.25, 0.3) is 0 Å². The van der Waals surface area contributed by atoms with E-state index >= 15 is 0 Å². The molecule has 1 atom stereocenters. The van der Waals surface area contributed by atoms with E-state index in [2.05, 4.69) is 9.97 Å². The lowest BCUT2D eigenvalue weighted by atomic mass is 10.4. The van der Waals surface area contributed by atoms with Crippen LogP contribution in [0.5, 0.6) is 0 Å². The molecule has 0 fully saturated rings. The van der Waals surface area contributed by atoms with Crippen LogP contribution in [-0.2, 0) is 17.3 Å². The first kappa shape index (κ1) is 12.3. The summed E-state index contributed by atoms with van der Waals surface area (Å²) in [6.07, 6.45) is 4.04. The molecule has 0 aliphatic rings. The SMILES string of the molecule is CS(=O)CCCn1c(N)nc2cc(Cl)cnc21. The molecule has 0 radical (unpaired) electrons. The van der Waals surface area contributed by atoms with Crippen LogP contribution >= 0.6 is 11.6 Å². The molecule has 0 aromatic carbocycles. The van der Waals surface area contributed by atoms with Gasteiger partial charge in [-0.1, -0.05) is 11.6 Å². The summed E-state index contributed by atoms with van der Waals surface area (Å²) in [5, 5.41) is 0.539. The van der Waals surface area contributed by atoms with Gasteiger partial charge in [0.1, 0.15) is 5.52 Å². The average Bonchev–Trinajstić information content (AvgIpc) is 2.54. The fraction of sp³-hybridized carbons (Fsp3) is 0.400. The molecule has 2 aromatic heterocycles. The quantitative estimate of drug-likeness (QED) is 0.914. The molecular formula is C10H13ClN4OS. The molecular weight excluding hydrogens is 260 g/mol. The number of nitrogens with two attached hydrogens (primary N) is 1. The topological polar surface area (TPSA) is 73.8 Å². The van der Waals surface area contributed by atoms with Crippen molar-refractivity contribution in [1.29, 1.82) is 0 Å². The molecule has 2 aromatic rings. The summed E-state index contributed by atoms with van der Waals surface area (Å²) in [6.45, 7) is 0.663. The van der Waals surface area contributed by atoms with Crippen molar-refractivity contribution in [3.8, 4) is 0 Å². The van der Waals surface area contributed by atoms with Crippen molar-refractivity contribution in [3.05, 3.63) is 17.3 Å². The molecule has 0 aliphatic carbocycles. The number of hydrogen-bond donors (Lipinski definition) is 1. The Morgan fingerprint density at radius 1 is 1.59 bits per heavy atom. The summed E-state index contributed by atoms with van der Waals surface area (Å²) in [7, 11) is -0.787. The smallest absolute Gasteiger partial charge is 0.202 e. The molecule has 17 heavy (non-hydrogen) atoms. The van der Waals surface area contributed by atoms with Gasteiger partial charge >= 0.3 is 0 Å². The molecule has 0 aliphatic heterocycles. The zero-order valence-corrected chi connectivity index (χ0v) is 11.0. The van der Waals surface area contributed by atoms with Gasteiger partial charge in [0.05, 0.1) is 5.02 Å². The van der Waals surface area contributed by atoms with Gasteiger partial charge in [-0.05, 0) is 12.5 Å². The van der Waals surface area contributed by atoms with Crippen LogP contribution in [-0.4, -0.2) is 30.8 Å². The predicted octanol–water partition coefficient (Wildman–Crippen LogP) is 1.44. The van der Waals surface area contributed by atoms with Crippen molar-refractivity contribution in [1.82, 2.24) is 14.5 Å². The van der Waals surface area contributed by atoms with Gasteiger partial charge in [0.15, 0.2) is 5.65 Å². The third-order valence-electron chi connectivity index (χ3n) is 2.39. The number of halogens is 1. The average molecular weight is 273 g/mol. The maximum absolute atomic E-state index is 11.0. The Bertz CT molecular complexity index is 569. The van der Waals surface area contributed by atoms with Crippen LogP contribution < -0.4 is 5.73 Å². The number of imidazole rings is 1. The van der Waals surface area contributed by atoms with Crippen LogP contribution in [0.2, 0.25) is 5.02 Å². The Labute approximate surface area is 106 Å². The minimum Gasteiger partial charge on any atom is -0.369 e. The lowest BCUT2D eigenvalue weighted by molar-refractivity contribution is 0.669. The predicted molar refractivity (Wildman–Crippen MR) is 70.5 cm³/mol. The minimum atomic E-state index is -0.787. The largest absolute Gasteiger partial charge is 0.369 e. The molecule has 0 saturated heterocycles. The number of rotatable bonds is 4. The first-order valence-electron chi connectivity index (χ1n) is 5.15. The van der Waals surface area contributed by atoms with Gasteiger partial charge < -0.3 is 5.73 Å². The molecule has 1 unspecified atom stereocenters. The number of hydrogen-bond acceptors (Lipinski definition) is 4. The third kappa shape index (κ3) is 2.76. The highest BCUT2D eigenvalue weighted by Crippen LogP contribution is 2.19. The van der Waals surface area contributed by atoms with Crippen LogP contribution in [0, 0.1) is 0 Å². The third-order valence-corrected chi connectivity index (χ3v) is 3.46. The van der Waals surface area contributed by atoms with Crippen LogP contribution in [0.4, 0.5) is 5.95 Å². The molecule has 2 N–H and O–H groups in total. The van der Waals surface area contributed by atoms with Crippen molar-refractivity contribution in [2.24, 2.45) is 0 Å². The molecule has 0 saturated carbocycles. The van der Waals surface area contributed by atoms with Gasteiger partial charge in [-0.25, -0.2) is 9.97 Å². The normalized spacial score (nSPS) is 13.1. The zero-order valence-electron chi connectivity index (χ0n) is 9.39. The summed E-state index contributed by atoms with van der Waals surface area (Å²) >= 11 is 5.83. The van der Waals surface area contributed by atoms with Crippen molar-refractivity contribution < 1.29 is 4.21 Å². The fourth-order valence-electron chi connectivity index (χ4n) is 1.65. The minimum absolute atomic E-state index is 0.414. The molecule has 2 heterocycles. The Morgan fingerprint density at radius 3 is 3.06 bits per heavy atom. The van der Waals surface area contributed by atoms with Crippen LogP contribution in [0.15, 0.2) is 12.3 Å². The highest BCUT2D eigenvalue weighted by Gasteiger charge is 2.09. The summed E-state index contributed by atoms with van der Waals surface area (Å²) in [4.78, 5) is 8.40. The number of aryl methyl sites for hydroxylation is 1. The second-order valence-electron chi connectivity index (χ2n) is 3.75. The molecule has 2 rings (SSSR count). The van der Waals surface area contributed by atoms with Gasteiger partial charge in [-0.2, -0.15) is 0 Å². The second kappa shape index (κ2) is 5.01. The summed E-state index contributed by atoms with van der Waals surface area (Å²) < 4.78 is 12.8. The Morgan fingerprint density at radius 2 is 2.35 bits per heavy atom. The van der Waals surface area contributed by atoms with E-state index in [9.17, 15) is 4.21 Å². The molecule has 5 nitrogen and oxygen atoms in total. The maximum Gasteiger partial charge on any atom is 0.202 e. The standard InChI is InChI=1S/C10H13ClN4OS/c1-17(16)4-2-3-15-9-8(14-10(15)12)5-7(11)6-13-9/h5-6H,2-4H2,1H3,(H2,12,14). The van der Waals surface area contributed by atoms with Crippen molar-refractivity contribution >= 4 is 39.5 Å². The molecule has 0 amide bonds. The molecule has 0 spiro atoms. The van der Waals surface area contributed by atoms with Gasteiger partial charge in [0, 0.05) is 35.5 Å². The Balaban J connectivity index is 2.27. The van der Waals surface area contributed by atoms with E-state index in [4.69, 9.17) is 17.3 Å². The number of fused-ring (bicyclic) bond motifs is 1. The fourth-order valence-corrected chi connectivity index (χ4v) is 2.34. The number of pyridine rings is 1. The Hall–Kier alpha value is -1.14. The van der Waals surface area contributed by atoms with E-state index in [0.717, 1.165) is 6.42 Å². The number of anilines is 1. The van der Waals surface area contributed by atoms with E-state index < -0.39 is 10.8 Å². The van der Waals surface area contributed by atoms with E-state index in [1.807, 2.05) is 4.57 Å². The van der Waals surface area contributed by atoms with Gasteiger partial charge in [0.2, 0.25) is 5.95 Å². The van der Waals surface area contributed by atoms with E-state index in [-0.39, 0.29) is 0 Å². The highest BCUT2D eigenvalue weighted by atomic mass is 35.5. The van der Waals surface area contributed by atoms with Gasteiger partial charge in [-0.3, -0.25) is 8.78 Å². The lowest BCUT2D eigenvalue weighted by Crippen LogP contribution is -2.07. The summed E-state index contributed by atoms with van der Waals surface area (Å²) in [6, 6.07) is 1.73. The lowest BCUT2D eigenvalue weighted by Gasteiger charge is -2.04. The molecule has 7 heteroatoms. The summed E-state index contributed by atoms with van der Waals surface area (Å²) in [5.74, 6) is 1.06. The van der Waals surface area contributed by atoms with Crippen molar-refractivity contribution in [2.75, 3.05) is 17.7 Å².